The van der Waals surface area contributed by atoms with Crippen molar-refractivity contribution in [2.24, 2.45) is 0 Å². The Balaban J connectivity index is 2.40. The SMILES string of the molecule is CCc1cc(-c2ccc(C(C)(C)C)cc2)nc(N)n1. The molecule has 2 rings (SSSR count). The molecule has 1 heterocycles. The summed E-state index contributed by atoms with van der Waals surface area (Å²) in [7, 11) is 0. The Hall–Kier alpha value is -1.90. The minimum Gasteiger partial charge on any atom is -0.368 e. The first kappa shape index (κ1) is 13.5. The third kappa shape index (κ3) is 3.11. The lowest BCUT2D eigenvalue weighted by Crippen LogP contribution is -2.10. The Bertz CT molecular complexity index is 566. The van der Waals surface area contributed by atoms with Crippen LogP contribution in [0.15, 0.2) is 30.3 Å². The second kappa shape index (κ2) is 5.00. The van der Waals surface area contributed by atoms with Gasteiger partial charge in [-0.25, -0.2) is 9.97 Å². The van der Waals surface area contributed by atoms with Gasteiger partial charge in [0.2, 0.25) is 5.95 Å². The molecule has 0 aliphatic heterocycles. The molecule has 1 aromatic heterocycles. The van der Waals surface area contributed by atoms with E-state index in [1.165, 1.54) is 5.56 Å². The van der Waals surface area contributed by atoms with E-state index >= 15 is 0 Å². The number of benzene rings is 1. The van der Waals surface area contributed by atoms with Gasteiger partial charge in [0.1, 0.15) is 0 Å². The van der Waals surface area contributed by atoms with Gasteiger partial charge in [-0.05, 0) is 23.5 Å². The highest BCUT2D eigenvalue weighted by Gasteiger charge is 2.13. The van der Waals surface area contributed by atoms with Gasteiger partial charge >= 0.3 is 0 Å². The third-order valence-electron chi connectivity index (χ3n) is 3.21. The summed E-state index contributed by atoms with van der Waals surface area (Å²) < 4.78 is 0. The van der Waals surface area contributed by atoms with Crippen molar-refractivity contribution >= 4 is 5.95 Å². The maximum absolute atomic E-state index is 5.75. The van der Waals surface area contributed by atoms with Gasteiger partial charge in [-0.2, -0.15) is 0 Å². The fraction of sp³-hybridized carbons (Fsp3) is 0.375. The van der Waals surface area contributed by atoms with E-state index in [0.29, 0.717) is 5.95 Å². The molecule has 3 nitrogen and oxygen atoms in total. The van der Waals surface area contributed by atoms with Crippen LogP contribution in [0.4, 0.5) is 5.95 Å². The smallest absolute Gasteiger partial charge is 0.220 e. The van der Waals surface area contributed by atoms with Crippen molar-refractivity contribution in [2.45, 2.75) is 39.5 Å². The van der Waals surface area contributed by atoms with Crippen molar-refractivity contribution in [1.29, 1.82) is 0 Å². The van der Waals surface area contributed by atoms with Crippen LogP contribution in [-0.4, -0.2) is 9.97 Å². The molecule has 0 saturated heterocycles. The molecule has 0 unspecified atom stereocenters. The maximum atomic E-state index is 5.75. The van der Waals surface area contributed by atoms with E-state index in [0.717, 1.165) is 23.4 Å². The van der Waals surface area contributed by atoms with Crippen molar-refractivity contribution in [1.82, 2.24) is 9.97 Å². The molecule has 0 atom stereocenters. The minimum atomic E-state index is 0.164. The van der Waals surface area contributed by atoms with Gasteiger partial charge in [-0.3, -0.25) is 0 Å². The van der Waals surface area contributed by atoms with Crippen molar-refractivity contribution in [3.8, 4) is 11.3 Å². The molecule has 2 aromatic rings. The van der Waals surface area contributed by atoms with Crippen LogP contribution >= 0.6 is 0 Å². The first-order valence-electron chi connectivity index (χ1n) is 6.64. The molecule has 0 radical (unpaired) electrons. The molecule has 3 heteroatoms. The van der Waals surface area contributed by atoms with Crippen LogP contribution in [-0.2, 0) is 11.8 Å². The normalized spacial score (nSPS) is 11.6. The summed E-state index contributed by atoms with van der Waals surface area (Å²) in [5, 5.41) is 0. The zero-order valence-electron chi connectivity index (χ0n) is 12.1. The fourth-order valence-corrected chi connectivity index (χ4v) is 1.99. The van der Waals surface area contributed by atoms with Crippen molar-refractivity contribution in [3.63, 3.8) is 0 Å². The van der Waals surface area contributed by atoms with Gasteiger partial charge in [0.15, 0.2) is 0 Å². The molecule has 0 fully saturated rings. The van der Waals surface area contributed by atoms with Crippen LogP contribution in [0.3, 0.4) is 0 Å². The number of aromatic nitrogens is 2. The molecule has 100 valence electrons. The number of anilines is 1. The standard InChI is InChI=1S/C16H21N3/c1-5-13-10-14(19-15(17)18-13)11-6-8-12(9-7-11)16(2,3)4/h6-10H,5H2,1-4H3,(H2,17,18,19). The van der Waals surface area contributed by atoms with Gasteiger partial charge < -0.3 is 5.73 Å². The summed E-state index contributed by atoms with van der Waals surface area (Å²) >= 11 is 0. The lowest BCUT2D eigenvalue weighted by molar-refractivity contribution is 0.590. The number of nitrogens with two attached hydrogens (primary N) is 1. The van der Waals surface area contributed by atoms with Crippen LogP contribution in [0.1, 0.15) is 39.0 Å². The molecular weight excluding hydrogens is 234 g/mol. The van der Waals surface area contributed by atoms with Crippen LogP contribution < -0.4 is 5.73 Å². The first-order valence-corrected chi connectivity index (χ1v) is 6.64. The van der Waals surface area contributed by atoms with Gasteiger partial charge in [0.05, 0.1) is 5.69 Å². The van der Waals surface area contributed by atoms with E-state index in [1.807, 2.05) is 6.07 Å². The zero-order chi connectivity index (χ0) is 14.0. The quantitative estimate of drug-likeness (QED) is 0.892. The monoisotopic (exact) mass is 255 g/mol. The lowest BCUT2D eigenvalue weighted by Gasteiger charge is -2.19. The van der Waals surface area contributed by atoms with Crippen molar-refractivity contribution in [2.75, 3.05) is 5.73 Å². The molecule has 19 heavy (non-hydrogen) atoms. The Morgan fingerprint density at radius 3 is 2.21 bits per heavy atom. The molecule has 0 aliphatic carbocycles. The average molecular weight is 255 g/mol. The van der Waals surface area contributed by atoms with Crippen LogP contribution in [0, 0.1) is 0 Å². The Morgan fingerprint density at radius 1 is 1.05 bits per heavy atom. The molecule has 0 bridgehead atoms. The fourth-order valence-electron chi connectivity index (χ4n) is 1.99. The molecule has 0 aliphatic rings. The number of nitrogen functional groups attached to an aromatic ring is 1. The molecule has 0 amide bonds. The Kier molecular flexibility index (Phi) is 3.56. The Labute approximate surface area is 114 Å². The highest BCUT2D eigenvalue weighted by Crippen LogP contribution is 2.25. The summed E-state index contributed by atoms with van der Waals surface area (Å²) in [6.45, 7) is 8.69. The van der Waals surface area contributed by atoms with Crippen molar-refractivity contribution < 1.29 is 0 Å². The zero-order valence-corrected chi connectivity index (χ0v) is 12.1. The van der Waals surface area contributed by atoms with Gasteiger partial charge in [-0.15, -0.1) is 0 Å². The highest BCUT2D eigenvalue weighted by molar-refractivity contribution is 5.61. The predicted octanol–water partition coefficient (Wildman–Crippen LogP) is 3.59. The minimum absolute atomic E-state index is 0.164. The van der Waals surface area contributed by atoms with Gasteiger partial charge in [0.25, 0.3) is 0 Å². The molecule has 2 N–H and O–H groups in total. The second-order valence-electron chi connectivity index (χ2n) is 5.78. The summed E-state index contributed by atoms with van der Waals surface area (Å²) in [4.78, 5) is 8.51. The third-order valence-corrected chi connectivity index (χ3v) is 3.21. The molecular formula is C16H21N3. The summed E-state index contributed by atoms with van der Waals surface area (Å²) in [6.07, 6.45) is 0.861. The van der Waals surface area contributed by atoms with E-state index < -0.39 is 0 Å². The molecule has 0 saturated carbocycles. The van der Waals surface area contributed by atoms with Crippen molar-refractivity contribution in [3.05, 3.63) is 41.6 Å². The van der Waals surface area contributed by atoms with Crippen LogP contribution in [0.5, 0.6) is 0 Å². The topological polar surface area (TPSA) is 51.8 Å². The number of hydrogen-bond acceptors (Lipinski definition) is 3. The van der Waals surface area contributed by atoms with E-state index in [2.05, 4.69) is 61.9 Å². The average Bonchev–Trinajstić information content (AvgIpc) is 2.37. The number of hydrogen-bond donors (Lipinski definition) is 1. The molecule has 0 spiro atoms. The van der Waals surface area contributed by atoms with Crippen LogP contribution in [0.2, 0.25) is 0 Å². The van der Waals surface area contributed by atoms with Gasteiger partial charge in [-0.1, -0.05) is 52.0 Å². The number of nitrogens with zero attached hydrogens (tertiary/aromatic N) is 2. The first-order chi connectivity index (χ1) is 8.90. The highest BCUT2D eigenvalue weighted by atomic mass is 15.0. The largest absolute Gasteiger partial charge is 0.368 e. The summed E-state index contributed by atoms with van der Waals surface area (Å²) in [5.74, 6) is 0.342. The summed E-state index contributed by atoms with van der Waals surface area (Å²) in [6, 6.07) is 10.5. The predicted molar refractivity (Wildman–Crippen MR) is 80.0 cm³/mol. The number of rotatable bonds is 2. The van der Waals surface area contributed by atoms with E-state index in [4.69, 9.17) is 5.73 Å². The number of aryl methyl sites for hydroxylation is 1. The van der Waals surface area contributed by atoms with E-state index in [1.54, 1.807) is 0 Å². The van der Waals surface area contributed by atoms with Gasteiger partial charge in [0, 0.05) is 11.3 Å². The Morgan fingerprint density at radius 2 is 1.68 bits per heavy atom. The maximum Gasteiger partial charge on any atom is 0.220 e. The summed E-state index contributed by atoms with van der Waals surface area (Å²) in [5.41, 5.74) is 10.2. The lowest BCUT2D eigenvalue weighted by atomic mass is 9.86. The molecule has 1 aromatic carbocycles. The van der Waals surface area contributed by atoms with Crippen LogP contribution in [0.25, 0.3) is 11.3 Å². The van der Waals surface area contributed by atoms with E-state index in [9.17, 15) is 0 Å². The van der Waals surface area contributed by atoms with E-state index in [-0.39, 0.29) is 5.41 Å². The second-order valence-corrected chi connectivity index (χ2v) is 5.78.